The maximum Gasteiger partial charge on any atom is 0.308 e. The lowest BCUT2D eigenvalue weighted by Gasteiger charge is -2.41. The highest BCUT2D eigenvalue weighted by atomic mass is 16.5. The molecule has 0 saturated carbocycles. The molecule has 0 N–H and O–H groups in total. The molecule has 2 aromatic rings. The molecule has 0 aliphatic carbocycles. The first-order valence-electron chi connectivity index (χ1n) is 14.1. The monoisotopic (exact) mass is 602 g/mol. The molecule has 2 amide bonds. The lowest BCUT2D eigenvalue weighted by molar-refractivity contribution is -0.150. The topological polar surface area (TPSA) is 122 Å². The number of amides is 2. The minimum Gasteiger partial charge on any atom is -0.493 e. The van der Waals surface area contributed by atoms with Gasteiger partial charge in [-0.3, -0.25) is 14.4 Å². The van der Waals surface area contributed by atoms with Crippen molar-refractivity contribution in [1.82, 2.24) is 9.80 Å². The fraction of sp³-hybridized carbons (Fsp3) is 0.516. The van der Waals surface area contributed by atoms with Crippen molar-refractivity contribution in [3.05, 3.63) is 35.4 Å². The van der Waals surface area contributed by atoms with E-state index in [0.717, 1.165) is 0 Å². The molecule has 2 aromatic carbocycles. The molecule has 0 spiro atoms. The normalized spacial score (nSPS) is 14.7. The summed E-state index contributed by atoms with van der Waals surface area (Å²) in [6.07, 6.45) is 1.28. The van der Waals surface area contributed by atoms with E-state index in [1.54, 1.807) is 34.1 Å². The highest BCUT2D eigenvalue weighted by Crippen LogP contribution is 2.40. The van der Waals surface area contributed by atoms with Gasteiger partial charge in [-0.2, -0.15) is 0 Å². The van der Waals surface area contributed by atoms with Crippen molar-refractivity contribution >= 4 is 17.8 Å². The predicted octanol–water partition coefficient (Wildman–Crippen LogP) is 3.68. The van der Waals surface area contributed by atoms with E-state index in [9.17, 15) is 14.4 Å². The number of carbonyl (C=O) groups is 3. The van der Waals surface area contributed by atoms with Crippen LogP contribution in [-0.2, 0) is 9.53 Å². The Hall–Kier alpha value is -4.35. The van der Waals surface area contributed by atoms with Crippen molar-refractivity contribution in [3.8, 4) is 34.5 Å². The van der Waals surface area contributed by atoms with E-state index in [1.807, 2.05) is 13.8 Å². The summed E-state index contributed by atoms with van der Waals surface area (Å²) in [5, 5.41) is 0. The summed E-state index contributed by atoms with van der Waals surface area (Å²) in [5.74, 6) is 0.869. The van der Waals surface area contributed by atoms with Crippen LogP contribution in [0.1, 0.15) is 47.4 Å². The highest BCUT2D eigenvalue weighted by Gasteiger charge is 2.36. The standard InChI is InChI=1S/C31H42N2O10/c1-9-19(10-2)31(36)43-18-22-17-32(29(34)20-13-23(37-3)27(41-7)24(14-20)38-4)11-12-33(22)30(35)21-15-25(39-5)28(42-8)26(16-21)40-6/h13-16,19,22H,9-12,17-18H2,1-8H3. The zero-order valence-electron chi connectivity index (χ0n) is 26.2. The van der Waals surface area contributed by atoms with Crippen molar-refractivity contribution in [2.75, 3.05) is 68.9 Å². The Balaban J connectivity index is 1.95. The molecule has 1 unspecified atom stereocenters. The van der Waals surface area contributed by atoms with Gasteiger partial charge in [0.15, 0.2) is 23.0 Å². The van der Waals surface area contributed by atoms with E-state index in [4.69, 9.17) is 33.2 Å². The van der Waals surface area contributed by atoms with Crippen LogP contribution in [0.2, 0.25) is 0 Å². The number of hydrogen-bond acceptors (Lipinski definition) is 10. The van der Waals surface area contributed by atoms with E-state index in [0.29, 0.717) is 58.5 Å². The van der Waals surface area contributed by atoms with Crippen LogP contribution in [0.25, 0.3) is 0 Å². The number of benzene rings is 2. The Labute approximate surface area is 252 Å². The van der Waals surface area contributed by atoms with Crippen molar-refractivity contribution in [3.63, 3.8) is 0 Å². The van der Waals surface area contributed by atoms with Gasteiger partial charge in [-0.1, -0.05) is 13.8 Å². The van der Waals surface area contributed by atoms with Gasteiger partial charge < -0.3 is 43.0 Å². The lowest BCUT2D eigenvalue weighted by Crippen LogP contribution is -2.58. The fourth-order valence-corrected chi connectivity index (χ4v) is 5.13. The van der Waals surface area contributed by atoms with Gasteiger partial charge in [0, 0.05) is 30.8 Å². The van der Waals surface area contributed by atoms with Crippen LogP contribution in [0.5, 0.6) is 34.5 Å². The van der Waals surface area contributed by atoms with Crippen LogP contribution in [0.3, 0.4) is 0 Å². The smallest absolute Gasteiger partial charge is 0.308 e. The third-order valence-corrected chi connectivity index (χ3v) is 7.59. The summed E-state index contributed by atoms with van der Waals surface area (Å²) >= 11 is 0. The Morgan fingerprint density at radius 1 is 0.698 bits per heavy atom. The first kappa shape index (κ1) is 33.2. The molecular weight excluding hydrogens is 560 g/mol. The van der Waals surface area contributed by atoms with Gasteiger partial charge in [0.2, 0.25) is 11.5 Å². The third-order valence-electron chi connectivity index (χ3n) is 7.59. The predicted molar refractivity (Wildman–Crippen MR) is 158 cm³/mol. The summed E-state index contributed by atoms with van der Waals surface area (Å²) in [6, 6.07) is 5.69. The number of carbonyl (C=O) groups excluding carboxylic acids is 3. The van der Waals surface area contributed by atoms with Crippen LogP contribution in [0, 0.1) is 5.92 Å². The lowest BCUT2D eigenvalue weighted by atomic mass is 10.0. The van der Waals surface area contributed by atoms with Gasteiger partial charge in [0.05, 0.1) is 54.6 Å². The summed E-state index contributed by atoms with van der Waals surface area (Å²) in [5.41, 5.74) is 0.627. The zero-order chi connectivity index (χ0) is 31.7. The van der Waals surface area contributed by atoms with Crippen molar-refractivity contribution in [1.29, 1.82) is 0 Å². The van der Waals surface area contributed by atoms with E-state index in [2.05, 4.69) is 0 Å². The third kappa shape index (κ3) is 7.18. The second-order valence-electron chi connectivity index (χ2n) is 9.88. The molecule has 12 nitrogen and oxygen atoms in total. The molecule has 236 valence electrons. The molecule has 1 fully saturated rings. The molecule has 12 heteroatoms. The number of methoxy groups -OCH3 is 6. The van der Waals surface area contributed by atoms with E-state index >= 15 is 0 Å². The molecule has 1 heterocycles. The molecule has 0 radical (unpaired) electrons. The second kappa shape index (κ2) is 15.2. The summed E-state index contributed by atoms with van der Waals surface area (Å²) in [6.45, 7) is 4.33. The molecule has 1 atom stereocenters. The van der Waals surface area contributed by atoms with E-state index in [1.165, 1.54) is 42.7 Å². The second-order valence-corrected chi connectivity index (χ2v) is 9.88. The van der Waals surface area contributed by atoms with Gasteiger partial charge in [0.1, 0.15) is 6.61 Å². The van der Waals surface area contributed by atoms with Gasteiger partial charge in [-0.05, 0) is 37.1 Å². The largest absolute Gasteiger partial charge is 0.493 e. The first-order valence-corrected chi connectivity index (χ1v) is 14.1. The molecular formula is C31H42N2O10. The molecule has 3 rings (SSSR count). The minimum atomic E-state index is -0.621. The zero-order valence-corrected chi connectivity index (χ0v) is 26.2. The Bertz CT molecular complexity index is 1240. The van der Waals surface area contributed by atoms with E-state index in [-0.39, 0.29) is 49.9 Å². The summed E-state index contributed by atoms with van der Waals surface area (Å²) < 4.78 is 38.2. The molecule has 1 saturated heterocycles. The maximum absolute atomic E-state index is 13.9. The minimum absolute atomic E-state index is 0.0788. The average molecular weight is 603 g/mol. The number of piperazine rings is 1. The molecule has 1 aliphatic rings. The Morgan fingerprint density at radius 3 is 1.53 bits per heavy atom. The molecule has 1 aliphatic heterocycles. The fourth-order valence-electron chi connectivity index (χ4n) is 5.13. The van der Waals surface area contributed by atoms with Crippen LogP contribution in [0.4, 0.5) is 0 Å². The van der Waals surface area contributed by atoms with Gasteiger partial charge in [0.25, 0.3) is 11.8 Å². The van der Waals surface area contributed by atoms with Crippen LogP contribution >= 0.6 is 0 Å². The molecule has 43 heavy (non-hydrogen) atoms. The van der Waals surface area contributed by atoms with Crippen molar-refractivity contribution in [2.45, 2.75) is 32.7 Å². The van der Waals surface area contributed by atoms with Crippen LogP contribution in [-0.4, -0.2) is 103 Å². The SMILES string of the molecule is CCC(CC)C(=O)OCC1CN(C(=O)c2cc(OC)c(OC)c(OC)c2)CCN1C(=O)c1cc(OC)c(OC)c(OC)c1. The number of esters is 1. The van der Waals surface area contributed by atoms with Gasteiger partial charge >= 0.3 is 5.97 Å². The molecule has 0 bridgehead atoms. The maximum atomic E-state index is 13.9. The average Bonchev–Trinajstić information content (AvgIpc) is 3.05. The summed E-state index contributed by atoms with van der Waals surface area (Å²) in [4.78, 5) is 43.6. The molecule has 0 aromatic heterocycles. The first-order chi connectivity index (χ1) is 20.7. The van der Waals surface area contributed by atoms with E-state index < -0.39 is 6.04 Å². The number of ether oxygens (including phenoxy) is 7. The number of rotatable bonds is 13. The number of nitrogens with zero attached hydrogens (tertiary/aromatic N) is 2. The van der Waals surface area contributed by atoms with Gasteiger partial charge in [-0.15, -0.1) is 0 Å². The highest BCUT2D eigenvalue weighted by molar-refractivity contribution is 5.97. The summed E-state index contributed by atoms with van der Waals surface area (Å²) in [7, 11) is 8.86. The van der Waals surface area contributed by atoms with Crippen molar-refractivity contribution < 1.29 is 47.5 Å². The Kier molecular flexibility index (Phi) is 11.7. The van der Waals surface area contributed by atoms with Gasteiger partial charge in [-0.25, -0.2) is 0 Å². The Morgan fingerprint density at radius 2 is 1.14 bits per heavy atom. The van der Waals surface area contributed by atoms with Crippen LogP contribution in [0.15, 0.2) is 24.3 Å². The van der Waals surface area contributed by atoms with Crippen LogP contribution < -0.4 is 28.4 Å². The number of hydrogen-bond donors (Lipinski definition) is 0. The quantitative estimate of drug-likeness (QED) is 0.314. The van der Waals surface area contributed by atoms with Crippen molar-refractivity contribution in [2.24, 2.45) is 5.92 Å².